The Bertz CT molecular complexity index is 789. The van der Waals surface area contributed by atoms with E-state index in [0.29, 0.717) is 0 Å². The number of rotatable bonds is 3. The molecule has 0 amide bonds. The first kappa shape index (κ1) is 14.2. The SMILES string of the molecule is Cc1nn(C)c(CC(N)c2cccc3ncccc23)c1Br. The molecule has 0 aliphatic carbocycles. The molecule has 3 aromatic rings. The molecule has 1 atom stereocenters. The Labute approximate surface area is 132 Å². The highest BCUT2D eigenvalue weighted by atomic mass is 79.9. The number of pyridine rings is 1. The van der Waals surface area contributed by atoms with Gasteiger partial charge < -0.3 is 5.73 Å². The fourth-order valence-corrected chi connectivity index (χ4v) is 3.17. The van der Waals surface area contributed by atoms with E-state index in [9.17, 15) is 0 Å². The molecule has 3 rings (SSSR count). The zero-order valence-electron chi connectivity index (χ0n) is 12.0. The summed E-state index contributed by atoms with van der Waals surface area (Å²) in [5.41, 5.74) is 10.6. The van der Waals surface area contributed by atoms with Gasteiger partial charge >= 0.3 is 0 Å². The molecule has 0 aliphatic heterocycles. The van der Waals surface area contributed by atoms with Gasteiger partial charge in [-0.15, -0.1) is 0 Å². The van der Waals surface area contributed by atoms with Gasteiger partial charge in [-0.05, 0) is 40.5 Å². The predicted molar refractivity (Wildman–Crippen MR) is 88.0 cm³/mol. The molecular formula is C16H17BrN4. The molecule has 108 valence electrons. The van der Waals surface area contributed by atoms with Crippen molar-refractivity contribution < 1.29 is 0 Å². The lowest BCUT2D eigenvalue weighted by atomic mass is 9.98. The van der Waals surface area contributed by atoms with Gasteiger partial charge in [0.2, 0.25) is 0 Å². The number of hydrogen-bond acceptors (Lipinski definition) is 3. The molecule has 0 bridgehead atoms. The van der Waals surface area contributed by atoms with Gasteiger partial charge in [0, 0.05) is 31.1 Å². The number of halogens is 1. The van der Waals surface area contributed by atoms with E-state index in [1.807, 2.05) is 36.9 Å². The lowest BCUT2D eigenvalue weighted by molar-refractivity contribution is 0.641. The van der Waals surface area contributed by atoms with Gasteiger partial charge in [0.15, 0.2) is 0 Å². The molecule has 2 heterocycles. The van der Waals surface area contributed by atoms with E-state index < -0.39 is 0 Å². The highest BCUT2D eigenvalue weighted by Gasteiger charge is 2.17. The smallest absolute Gasteiger partial charge is 0.0738 e. The number of nitrogens with two attached hydrogens (primary N) is 1. The van der Waals surface area contributed by atoms with Crippen LogP contribution in [-0.4, -0.2) is 14.8 Å². The third-order valence-corrected chi connectivity index (χ3v) is 4.79. The molecule has 0 spiro atoms. The number of fused-ring (bicyclic) bond motifs is 1. The molecule has 1 aromatic carbocycles. The highest BCUT2D eigenvalue weighted by molar-refractivity contribution is 9.10. The minimum absolute atomic E-state index is 0.0935. The van der Waals surface area contributed by atoms with Crippen molar-refractivity contribution in [3.63, 3.8) is 0 Å². The van der Waals surface area contributed by atoms with Gasteiger partial charge in [0.25, 0.3) is 0 Å². The van der Waals surface area contributed by atoms with Crippen LogP contribution in [-0.2, 0) is 13.5 Å². The van der Waals surface area contributed by atoms with E-state index in [4.69, 9.17) is 5.73 Å². The van der Waals surface area contributed by atoms with Crippen LogP contribution >= 0.6 is 15.9 Å². The zero-order chi connectivity index (χ0) is 15.0. The Hall–Kier alpha value is -1.72. The van der Waals surface area contributed by atoms with Crippen LogP contribution in [0, 0.1) is 6.92 Å². The van der Waals surface area contributed by atoms with E-state index in [1.165, 1.54) is 0 Å². The molecule has 1 unspecified atom stereocenters. The van der Waals surface area contributed by atoms with Crippen LogP contribution < -0.4 is 5.73 Å². The quantitative estimate of drug-likeness (QED) is 0.793. The zero-order valence-corrected chi connectivity index (χ0v) is 13.6. The van der Waals surface area contributed by atoms with E-state index in [2.05, 4.69) is 38.1 Å². The maximum atomic E-state index is 6.45. The van der Waals surface area contributed by atoms with Crippen molar-refractivity contribution in [1.82, 2.24) is 14.8 Å². The average Bonchev–Trinajstić information content (AvgIpc) is 2.73. The van der Waals surface area contributed by atoms with Crippen molar-refractivity contribution in [3.8, 4) is 0 Å². The van der Waals surface area contributed by atoms with Crippen molar-refractivity contribution in [1.29, 1.82) is 0 Å². The van der Waals surface area contributed by atoms with Gasteiger partial charge in [0.1, 0.15) is 0 Å². The van der Waals surface area contributed by atoms with E-state index in [0.717, 1.165) is 38.7 Å². The van der Waals surface area contributed by atoms with Crippen LogP contribution in [0.15, 0.2) is 41.0 Å². The molecule has 0 fully saturated rings. The number of aryl methyl sites for hydroxylation is 2. The molecule has 21 heavy (non-hydrogen) atoms. The first-order valence-electron chi connectivity index (χ1n) is 6.85. The Morgan fingerprint density at radius 3 is 2.81 bits per heavy atom. The van der Waals surface area contributed by atoms with Gasteiger partial charge in [-0.3, -0.25) is 9.67 Å². The van der Waals surface area contributed by atoms with Crippen LogP contribution in [0.5, 0.6) is 0 Å². The number of benzene rings is 1. The second kappa shape index (κ2) is 5.58. The van der Waals surface area contributed by atoms with Crippen molar-refractivity contribution in [2.75, 3.05) is 0 Å². The topological polar surface area (TPSA) is 56.7 Å². The predicted octanol–water partition coefficient (Wildman–Crippen LogP) is 3.28. The maximum Gasteiger partial charge on any atom is 0.0738 e. The molecule has 0 radical (unpaired) electrons. The normalized spacial score (nSPS) is 12.8. The standard InChI is InChI=1S/C16H17BrN4/c1-10-16(17)15(21(2)20-10)9-13(18)11-5-3-7-14-12(11)6-4-8-19-14/h3-8,13H,9,18H2,1-2H3. The summed E-state index contributed by atoms with van der Waals surface area (Å²) >= 11 is 3.60. The van der Waals surface area contributed by atoms with E-state index >= 15 is 0 Å². The van der Waals surface area contributed by atoms with E-state index in [-0.39, 0.29) is 6.04 Å². The second-order valence-electron chi connectivity index (χ2n) is 5.20. The Kier molecular flexibility index (Phi) is 3.78. The summed E-state index contributed by atoms with van der Waals surface area (Å²) in [6.07, 6.45) is 2.53. The fraction of sp³-hybridized carbons (Fsp3) is 0.250. The third kappa shape index (κ3) is 2.59. The molecule has 2 aromatic heterocycles. The van der Waals surface area contributed by atoms with Crippen molar-refractivity contribution in [2.45, 2.75) is 19.4 Å². The summed E-state index contributed by atoms with van der Waals surface area (Å²) in [7, 11) is 1.95. The minimum Gasteiger partial charge on any atom is -0.324 e. The molecule has 0 saturated carbocycles. The Balaban J connectivity index is 1.99. The third-order valence-electron chi connectivity index (χ3n) is 3.75. The number of hydrogen-bond donors (Lipinski definition) is 1. The van der Waals surface area contributed by atoms with Crippen molar-refractivity contribution in [3.05, 3.63) is 58.0 Å². The van der Waals surface area contributed by atoms with Crippen LogP contribution in [0.2, 0.25) is 0 Å². The molecular weight excluding hydrogens is 328 g/mol. The molecule has 4 nitrogen and oxygen atoms in total. The Morgan fingerprint density at radius 2 is 2.10 bits per heavy atom. The first-order chi connectivity index (χ1) is 10.1. The van der Waals surface area contributed by atoms with Crippen molar-refractivity contribution >= 4 is 26.8 Å². The number of nitrogens with zero attached hydrogens (tertiary/aromatic N) is 3. The summed E-state index contributed by atoms with van der Waals surface area (Å²) in [6, 6.07) is 10.0. The summed E-state index contributed by atoms with van der Waals surface area (Å²) < 4.78 is 2.93. The van der Waals surface area contributed by atoms with E-state index in [1.54, 1.807) is 6.20 Å². The largest absolute Gasteiger partial charge is 0.324 e. The van der Waals surface area contributed by atoms with Crippen LogP contribution in [0.25, 0.3) is 10.9 Å². The van der Waals surface area contributed by atoms with Gasteiger partial charge in [0.05, 0.1) is 21.4 Å². The lowest BCUT2D eigenvalue weighted by Crippen LogP contribution is -2.16. The summed E-state index contributed by atoms with van der Waals surface area (Å²) in [5, 5.41) is 5.53. The van der Waals surface area contributed by atoms with Gasteiger partial charge in [-0.1, -0.05) is 18.2 Å². The lowest BCUT2D eigenvalue weighted by Gasteiger charge is -2.15. The average molecular weight is 345 g/mol. The molecule has 5 heteroatoms. The van der Waals surface area contributed by atoms with Crippen LogP contribution in [0.4, 0.5) is 0 Å². The van der Waals surface area contributed by atoms with Gasteiger partial charge in [-0.25, -0.2) is 0 Å². The maximum absolute atomic E-state index is 6.45. The molecule has 0 saturated heterocycles. The van der Waals surface area contributed by atoms with Crippen molar-refractivity contribution in [2.24, 2.45) is 12.8 Å². The Morgan fingerprint density at radius 1 is 1.29 bits per heavy atom. The molecule has 0 aliphatic rings. The first-order valence-corrected chi connectivity index (χ1v) is 7.64. The summed E-state index contributed by atoms with van der Waals surface area (Å²) in [5.74, 6) is 0. The monoisotopic (exact) mass is 344 g/mol. The minimum atomic E-state index is -0.0935. The van der Waals surface area contributed by atoms with Crippen LogP contribution in [0.3, 0.4) is 0 Å². The van der Waals surface area contributed by atoms with Gasteiger partial charge in [-0.2, -0.15) is 5.10 Å². The summed E-state index contributed by atoms with van der Waals surface area (Å²) in [6.45, 7) is 1.99. The summed E-state index contributed by atoms with van der Waals surface area (Å²) in [4.78, 5) is 4.39. The second-order valence-corrected chi connectivity index (χ2v) is 5.99. The fourth-order valence-electron chi connectivity index (χ4n) is 2.67. The number of aromatic nitrogens is 3. The molecule has 2 N–H and O–H groups in total. The highest BCUT2D eigenvalue weighted by Crippen LogP contribution is 2.28. The van der Waals surface area contributed by atoms with Crippen LogP contribution in [0.1, 0.15) is 23.0 Å².